The molecule has 5 nitrogen and oxygen atoms in total. The molecule has 1 aromatic carbocycles. The number of likely N-dealkylation sites (N-methyl/N-ethyl adjacent to an activating group) is 1. The molecule has 0 aliphatic rings. The van der Waals surface area contributed by atoms with E-state index in [4.69, 9.17) is 28.9 Å². The van der Waals surface area contributed by atoms with E-state index in [1.54, 1.807) is 6.92 Å². The van der Waals surface area contributed by atoms with Gasteiger partial charge in [0.15, 0.2) is 0 Å². The van der Waals surface area contributed by atoms with Crippen molar-refractivity contribution in [1.29, 1.82) is 0 Å². The summed E-state index contributed by atoms with van der Waals surface area (Å²) >= 11 is 11.7. The van der Waals surface area contributed by atoms with Crippen LogP contribution in [0.5, 0.6) is 0 Å². The van der Waals surface area contributed by atoms with Gasteiger partial charge in [0.2, 0.25) is 0 Å². The normalized spacial score (nSPS) is 14.2. The van der Waals surface area contributed by atoms with Gasteiger partial charge in [-0.1, -0.05) is 23.2 Å². The zero-order valence-corrected chi connectivity index (χ0v) is 13.2. The monoisotopic (exact) mass is 319 g/mol. The van der Waals surface area contributed by atoms with Crippen LogP contribution in [-0.2, 0) is 0 Å². The molecule has 7 heteroatoms. The second kappa shape index (κ2) is 6.63. The topological polar surface area (TPSA) is 78.6 Å². The summed E-state index contributed by atoms with van der Waals surface area (Å²) < 4.78 is 0. The zero-order valence-electron chi connectivity index (χ0n) is 11.7. The van der Waals surface area contributed by atoms with Gasteiger partial charge in [-0.05, 0) is 33.2 Å². The van der Waals surface area contributed by atoms with E-state index in [9.17, 15) is 9.90 Å². The van der Waals surface area contributed by atoms with Crippen LogP contribution in [0.3, 0.4) is 0 Å². The van der Waals surface area contributed by atoms with Crippen molar-refractivity contribution in [2.45, 2.75) is 12.5 Å². The fraction of sp³-hybridized carbons (Fsp3) is 0.462. The molecule has 1 atom stereocenters. The highest BCUT2D eigenvalue weighted by molar-refractivity contribution is 6.43. The molecular weight excluding hydrogens is 301 g/mol. The van der Waals surface area contributed by atoms with Gasteiger partial charge in [-0.15, -0.1) is 0 Å². The minimum atomic E-state index is -1.03. The molecule has 1 aromatic rings. The molecule has 112 valence electrons. The van der Waals surface area contributed by atoms with Crippen molar-refractivity contribution in [3.63, 3.8) is 0 Å². The van der Waals surface area contributed by atoms with Crippen LogP contribution in [0.4, 0.5) is 5.69 Å². The number of nitrogens with zero attached hydrogens (tertiary/aromatic N) is 1. The summed E-state index contributed by atoms with van der Waals surface area (Å²) in [7, 11) is 3.69. The first-order chi connectivity index (χ1) is 9.12. The van der Waals surface area contributed by atoms with Crippen molar-refractivity contribution in [3.8, 4) is 0 Å². The van der Waals surface area contributed by atoms with E-state index in [2.05, 4.69) is 5.32 Å². The van der Waals surface area contributed by atoms with Gasteiger partial charge in [-0.25, -0.2) is 0 Å². The van der Waals surface area contributed by atoms with Crippen molar-refractivity contribution in [1.82, 2.24) is 10.2 Å². The molecule has 0 aromatic heterocycles. The molecule has 0 saturated heterocycles. The lowest BCUT2D eigenvalue weighted by Gasteiger charge is -2.27. The molecule has 0 aliphatic heterocycles. The average molecular weight is 320 g/mol. The molecule has 20 heavy (non-hydrogen) atoms. The molecule has 0 bridgehead atoms. The molecule has 0 saturated carbocycles. The van der Waals surface area contributed by atoms with E-state index in [0.717, 1.165) is 0 Å². The Bertz CT molecular complexity index is 481. The molecule has 0 aliphatic carbocycles. The van der Waals surface area contributed by atoms with Crippen molar-refractivity contribution >= 4 is 34.8 Å². The molecule has 1 unspecified atom stereocenters. The van der Waals surface area contributed by atoms with Gasteiger partial charge >= 0.3 is 0 Å². The number of nitrogen functional groups attached to an aromatic ring is 1. The number of aliphatic hydroxyl groups is 1. The fourth-order valence-corrected chi connectivity index (χ4v) is 2.19. The third kappa shape index (κ3) is 4.83. The summed E-state index contributed by atoms with van der Waals surface area (Å²) in [5.74, 6) is -0.366. The van der Waals surface area contributed by atoms with E-state index in [-0.39, 0.29) is 28.2 Å². The van der Waals surface area contributed by atoms with Crippen LogP contribution in [0.2, 0.25) is 10.0 Å². The summed E-state index contributed by atoms with van der Waals surface area (Å²) in [6.45, 7) is 2.19. The molecular formula is C13H19Cl2N3O2. The van der Waals surface area contributed by atoms with Crippen LogP contribution >= 0.6 is 23.2 Å². The fourth-order valence-electron chi connectivity index (χ4n) is 1.85. The Labute approximate surface area is 128 Å². The van der Waals surface area contributed by atoms with Crippen LogP contribution in [-0.4, -0.2) is 48.7 Å². The van der Waals surface area contributed by atoms with Crippen molar-refractivity contribution in [3.05, 3.63) is 27.7 Å². The first kappa shape index (κ1) is 17.0. The third-order valence-electron chi connectivity index (χ3n) is 2.61. The van der Waals surface area contributed by atoms with Gasteiger partial charge in [-0.3, -0.25) is 4.79 Å². The summed E-state index contributed by atoms with van der Waals surface area (Å²) in [6.07, 6.45) is 0. The van der Waals surface area contributed by atoms with Crippen molar-refractivity contribution in [2.75, 3.05) is 32.9 Å². The number of nitrogens with two attached hydrogens (primary N) is 1. The Balaban J connectivity index is 2.73. The lowest BCUT2D eigenvalue weighted by molar-refractivity contribution is 0.0326. The van der Waals surface area contributed by atoms with Gasteiger partial charge in [-0.2, -0.15) is 0 Å². The van der Waals surface area contributed by atoms with Crippen LogP contribution in [0.25, 0.3) is 0 Å². The first-order valence-electron chi connectivity index (χ1n) is 6.02. The Morgan fingerprint density at radius 2 is 2.05 bits per heavy atom. The number of carbonyl (C=O) groups excluding carboxylic acids is 1. The van der Waals surface area contributed by atoms with Gasteiger partial charge in [0.05, 0.1) is 21.3 Å². The Kier molecular flexibility index (Phi) is 5.65. The second-order valence-electron chi connectivity index (χ2n) is 5.28. The van der Waals surface area contributed by atoms with Gasteiger partial charge < -0.3 is 21.1 Å². The number of nitrogens with one attached hydrogen (secondary N) is 1. The molecule has 0 fully saturated rings. The Hall–Kier alpha value is -1.01. The maximum absolute atomic E-state index is 12.0. The number of rotatable bonds is 5. The molecule has 4 N–H and O–H groups in total. The van der Waals surface area contributed by atoms with E-state index in [0.29, 0.717) is 12.1 Å². The number of carbonyl (C=O) groups is 1. The Morgan fingerprint density at radius 3 is 2.55 bits per heavy atom. The van der Waals surface area contributed by atoms with Crippen LogP contribution in [0, 0.1) is 0 Å². The minimum absolute atomic E-state index is 0.115. The average Bonchev–Trinajstić information content (AvgIpc) is 2.31. The SMILES string of the molecule is CN(C)CC(C)(O)CNC(=O)c1cc(N)c(Cl)c(Cl)c1. The highest BCUT2D eigenvalue weighted by Gasteiger charge is 2.22. The first-order valence-corrected chi connectivity index (χ1v) is 6.78. The number of halogens is 2. The molecule has 0 spiro atoms. The smallest absolute Gasteiger partial charge is 0.251 e. The standard InChI is InChI=1S/C13H19Cl2N3O2/c1-13(20,7-18(2)3)6-17-12(19)8-4-9(14)11(15)10(16)5-8/h4-5,20H,6-7,16H2,1-3H3,(H,17,19). The number of hydrogen-bond donors (Lipinski definition) is 3. The zero-order chi connectivity index (χ0) is 15.5. The van der Waals surface area contributed by atoms with Crippen molar-refractivity contribution < 1.29 is 9.90 Å². The van der Waals surface area contributed by atoms with Crippen LogP contribution < -0.4 is 11.1 Å². The van der Waals surface area contributed by atoms with Gasteiger partial charge in [0, 0.05) is 18.7 Å². The van der Waals surface area contributed by atoms with E-state index in [1.165, 1.54) is 12.1 Å². The summed E-state index contributed by atoms with van der Waals surface area (Å²) in [5.41, 5.74) is 5.17. The predicted octanol–water partition coefficient (Wildman–Crippen LogP) is 1.62. The summed E-state index contributed by atoms with van der Waals surface area (Å²) in [6, 6.07) is 2.89. The van der Waals surface area contributed by atoms with E-state index >= 15 is 0 Å². The van der Waals surface area contributed by atoms with Crippen molar-refractivity contribution in [2.24, 2.45) is 0 Å². The number of amides is 1. The Morgan fingerprint density at radius 1 is 1.45 bits per heavy atom. The summed E-state index contributed by atoms with van der Waals surface area (Å²) in [4.78, 5) is 13.8. The molecule has 0 radical (unpaired) electrons. The second-order valence-corrected chi connectivity index (χ2v) is 6.06. The van der Waals surface area contributed by atoms with E-state index < -0.39 is 5.60 Å². The highest BCUT2D eigenvalue weighted by Crippen LogP contribution is 2.29. The molecule has 1 rings (SSSR count). The largest absolute Gasteiger partial charge is 0.397 e. The molecule has 1 amide bonds. The lowest BCUT2D eigenvalue weighted by atomic mass is 10.1. The van der Waals surface area contributed by atoms with Crippen LogP contribution in [0.15, 0.2) is 12.1 Å². The number of benzene rings is 1. The minimum Gasteiger partial charge on any atom is -0.397 e. The maximum atomic E-state index is 12.0. The highest BCUT2D eigenvalue weighted by atomic mass is 35.5. The van der Waals surface area contributed by atoms with Gasteiger partial charge in [0.1, 0.15) is 0 Å². The third-order valence-corrected chi connectivity index (χ3v) is 3.42. The van der Waals surface area contributed by atoms with Gasteiger partial charge in [0.25, 0.3) is 5.91 Å². The predicted molar refractivity (Wildman–Crippen MR) is 82.4 cm³/mol. The van der Waals surface area contributed by atoms with E-state index in [1.807, 2.05) is 19.0 Å². The maximum Gasteiger partial charge on any atom is 0.251 e. The lowest BCUT2D eigenvalue weighted by Crippen LogP contribution is -2.47. The summed E-state index contributed by atoms with van der Waals surface area (Å²) in [5, 5.41) is 13.2. The van der Waals surface area contributed by atoms with Crippen LogP contribution in [0.1, 0.15) is 17.3 Å². The number of hydrogen-bond acceptors (Lipinski definition) is 4. The quantitative estimate of drug-likeness (QED) is 0.721. The molecule has 0 heterocycles. The number of anilines is 1.